The van der Waals surface area contributed by atoms with E-state index in [9.17, 15) is 0 Å². The van der Waals surface area contributed by atoms with Crippen molar-refractivity contribution in [3.63, 3.8) is 0 Å². The van der Waals surface area contributed by atoms with Gasteiger partial charge in [0, 0.05) is 29.2 Å². The maximum absolute atomic E-state index is 4.85. The van der Waals surface area contributed by atoms with Crippen LogP contribution in [0.5, 0.6) is 0 Å². The first-order chi connectivity index (χ1) is 13.7. The highest BCUT2D eigenvalue weighted by Gasteiger charge is 2.50. The predicted octanol–water partition coefficient (Wildman–Crippen LogP) is 5.34. The van der Waals surface area contributed by atoms with Gasteiger partial charge in [-0.3, -0.25) is 9.88 Å². The quantitative estimate of drug-likeness (QED) is 0.608. The van der Waals surface area contributed by atoms with E-state index in [1.165, 1.54) is 54.5 Å². The van der Waals surface area contributed by atoms with Crippen molar-refractivity contribution in [2.45, 2.75) is 45.6 Å². The number of aryl methyl sites for hydroxylation is 1. The van der Waals surface area contributed by atoms with Crippen LogP contribution in [0.25, 0.3) is 16.6 Å². The summed E-state index contributed by atoms with van der Waals surface area (Å²) in [6.07, 6.45) is 9.47. The summed E-state index contributed by atoms with van der Waals surface area (Å²) in [5.74, 6) is 0. The molecule has 142 valence electrons. The van der Waals surface area contributed by atoms with Crippen LogP contribution in [0.3, 0.4) is 0 Å². The Morgan fingerprint density at radius 3 is 2.89 bits per heavy atom. The lowest BCUT2D eigenvalue weighted by Crippen LogP contribution is -2.50. The molecule has 0 N–H and O–H groups in total. The highest BCUT2D eigenvalue weighted by molar-refractivity contribution is 5.92. The Morgan fingerprint density at radius 2 is 2.04 bits per heavy atom. The van der Waals surface area contributed by atoms with E-state index in [1.807, 2.05) is 12.3 Å². The third-order valence-electron chi connectivity index (χ3n) is 7.50. The van der Waals surface area contributed by atoms with E-state index in [4.69, 9.17) is 4.98 Å². The highest BCUT2D eigenvalue weighted by Crippen LogP contribution is 2.57. The van der Waals surface area contributed by atoms with Gasteiger partial charge in [-0.2, -0.15) is 0 Å². The molecule has 6 rings (SSSR count). The van der Waals surface area contributed by atoms with Crippen molar-refractivity contribution in [3.05, 3.63) is 71.2 Å². The largest absolute Gasteiger partial charge is 0.310 e. The van der Waals surface area contributed by atoms with Crippen molar-refractivity contribution >= 4 is 16.6 Å². The molecule has 3 nitrogen and oxygen atoms in total. The first-order valence-corrected chi connectivity index (χ1v) is 10.7. The van der Waals surface area contributed by atoms with Gasteiger partial charge in [-0.25, -0.2) is 0 Å². The summed E-state index contributed by atoms with van der Waals surface area (Å²) < 4.78 is 2.57. The third-order valence-corrected chi connectivity index (χ3v) is 7.50. The number of para-hydroxylation sites is 1. The zero-order chi connectivity index (χ0) is 18.9. The fourth-order valence-electron chi connectivity index (χ4n) is 6.21. The molecule has 0 saturated carbocycles. The van der Waals surface area contributed by atoms with Crippen LogP contribution >= 0.6 is 0 Å². The number of pyridine rings is 1. The number of rotatable bonds is 2. The Bertz CT molecular complexity index is 1120. The zero-order valence-corrected chi connectivity index (χ0v) is 16.8. The molecule has 28 heavy (non-hydrogen) atoms. The predicted molar refractivity (Wildman–Crippen MR) is 114 cm³/mol. The first-order valence-electron chi connectivity index (χ1n) is 10.7. The highest BCUT2D eigenvalue weighted by atomic mass is 15.2. The van der Waals surface area contributed by atoms with Crippen LogP contribution < -0.4 is 0 Å². The lowest BCUT2D eigenvalue weighted by atomic mass is 9.66. The van der Waals surface area contributed by atoms with Crippen molar-refractivity contribution in [2.75, 3.05) is 13.1 Å². The average Bonchev–Trinajstić information content (AvgIpc) is 3.08. The number of benzene rings is 1. The van der Waals surface area contributed by atoms with Gasteiger partial charge in [0.2, 0.25) is 0 Å². The Kier molecular flexibility index (Phi) is 3.43. The summed E-state index contributed by atoms with van der Waals surface area (Å²) in [6.45, 7) is 7.01. The van der Waals surface area contributed by atoms with Crippen molar-refractivity contribution in [3.8, 4) is 0 Å². The van der Waals surface area contributed by atoms with E-state index in [-0.39, 0.29) is 5.41 Å². The average molecular weight is 370 g/mol. The molecule has 2 atom stereocenters. The molecule has 5 heterocycles. The number of fused-ring (bicyclic) bond motifs is 3. The van der Waals surface area contributed by atoms with Gasteiger partial charge < -0.3 is 4.57 Å². The molecular formula is C25H27N3. The maximum atomic E-state index is 4.85. The van der Waals surface area contributed by atoms with E-state index in [2.05, 4.69) is 59.7 Å². The molecule has 2 aromatic heterocycles. The molecule has 3 heteroatoms. The molecular weight excluding hydrogens is 342 g/mol. The molecule has 0 unspecified atom stereocenters. The molecule has 3 aliphatic heterocycles. The van der Waals surface area contributed by atoms with Crippen LogP contribution in [0.1, 0.15) is 54.7 Å². The minimum absolute atomic E-state index is 0.219. The summed E-state index contributed by atoms with van der Waals surface area (Å²) in [5, 5.41) is 1.44. The Hall–Kier alpha value is -2.39. The van der Waals surface area contributed by atoms with Crippen LogP contribution in [-0.2, 0) is 6.42 Å². The van der Waals surface area contributed by atoms with Gasteiger partial charge in [0.25, 0.3) is 0 Å². The van der Waals surface area contributed by atoms with E-state index in [0.29, 0.717) is 6.04 Å². The summed E-state index contributed by atoms with van der Waals surface area (Å²) in [7, 11) is 0. The number of hydrogen-bond acceptors (Lipinski definition) is 2. The molecule has 3 aromatic rings. The van der Waals surface area contributed by atoms with Crippen LogP contribution in [0, 0.1) is 12.3 Å². The number of hydrogen-bond donors (Lipinski definition) is 0. The standard InChI is InChI=1S/C25H27N3/c1-3-25-12-7-14-27-15-11-19-18-9-4-5-10-20(18)28(23(19)24(25)27)21(16-25)22-17(2)8-6-13-26-22/h4-6,8-10,13,16,24H,3,7,11-12,14-15H2,1-2H3/t24-,25+/m1/s1. The van der Waals surface area contributed by atoms with Gasteiger partial charge in [-0.15, -0.1) is 0 Å². The van der Waals surface area contributed by atoms with Crippen molar-refractivity contribution in [1.29, 1.82) is 0 Å². The first kappa shape index (κ1) is 16.6. The summed E-state index contributed by atoms with van der Waals surface area (Å²) in [4.78, 5) is 7.62. The van der Waals surface area contributed by atoms with Crippen LogP contribution in [0.15, 0.2) is 48.7 Å². The SMILES string of the molecule is CC[C@@]12C=C(c3ncccc3C)n3c4c(c5ccccc53)CCN(CCC1)[C@H]42. The second-order valence-electron chi connectivity index (χ2n) is 8.79. The van der Waals surface area contributed by atoms with Crippen molar-refractivity contribution < 1.29 is 0 Å². The Balaban J connectivity index is 1.75. The summed E-state index contributed by atoms with van der Waals surface area (Å²) in [6, 6.07) is 13.7. The van der Waals surface area contributed by atoms with Crippen LogP contribution in [0.2, 0.25) is 0 Å². The van der Waals surface area contributed by atoms with Gasteiger partial charge in [0.15, 0.2) is 0 Å². The fraction of sp³-hybridized carbons (Fsp3) is 0.400. The van der Waals surface area contributed by atoms with Crippen LogP contribution in [0.4, 0.5) is 0 Å². The maximum Gasteiger partial charge on any atom is 0.0896 e. The molecule has 1 saturated heterocycles. The number of piperidine rings is 1. The van der Waals surface area contributed by atoms with Crippen molar-refractivity contribution in [1.82, 2.24) is 14.5 Å². The molecule has 0 bridgehead atoms. The molecule has 0 radical (unpaired) electrons. The lowest BCUT2D eigenvalue weighted by Gasteiger charge is -2.53. The topological polar surface area (TPSA) is 21.1 Å². The van der Waals surface area contributed by atoms with E-state index in [1.54, 1.807) is 11.3 Å². The third kappa shape index (κ3) is 2.00. The Labute approximate surface area is 166 Å². The molecule has 0 spiro atoms. The van der Waals surface area contributed by atoms with Gasteiger partial charge in [0.1, 0.15) is 0 Å². The molecule has 0 amide bonds. The van der Waals surface area contributed by atoms with Gasteiger partial charge in [-0.1, -0.05) is 31.2 Å². The smallest absolute Gasteiger partial charge is 0.0896 e. The van der Waals surface area contributed by atoms with E-state index in [0.717, 1.165) is 12.1 Å². The zero-order valence-electron chi connectivity index (χ0n) is 16.8. The Morgan fingerprint density at radius 1 is 1.14 bits per heavy atom. The number of nitrogens with zero attached hydrogens (tertiary/aromatic N) is 3. The lowest BCUT2D eigenvalue weighted by molar-refractivity contribution is 0.0271. The second kappa shape index (κ2) is 5.81. The summed E-state index contributed by atoms with van der Waals surface area (Å²) in [5.41, 5.74) is 8.40. The minimum atomic E-state index is 0.219. The molecule has 1 aromatic carbocycles. The van der Waals surface area contributed by atoms with Crippen molar-refractivity contribution in [2.24, 2.45) is 5.41 Å². The molecule has 3 aliphatic rings. The summed E-state index contributed by atoms with van der Waals surface area (Å²) >= 11 is 0. The normalized spacial score (nSPS) is 26.2. The molecule has 0 aliphatic carbocycles. The monoisotopic (exact) mass is 369 g/mol. The van der Waals surface area contributed by atoms with E-state index < -0.39 is 0 Å². The van der Waals surface area contributed by atoms with Gasteiger partial charge in [0.05, 0.1) is 22.9 Å². The second-order valence-corrected chi connectivity index (χ2v) is 8.79. The van der Waals surface area contributed by atoms with Gasteiger partial charge in [-0.05, 0) is 68.5 Å². The fourth-order valence-corrected chi connectivity index (χ4v) is 6.21. The molecule has 1 fully saturated rings. The van der Waals surface area contributed by atoms with Crippen LogP contribution in [-0.4, -0.2) is 27.5 Å². The minimum Gasteiger partial charge on any atom is -0.310 e. The van der Waals surface area contributed by atoms with Gasteiger partial charge >= 0.3 is 0 Å². The number of aromatic nitrogens is 2. The van der Waals surface area contributed by atoms with E-state index >= 15 is 0 Å².